The van der Waals surface area contributed by atoms with Crippen LogP contribution in [0.25, 0.3) is 0 Å². The van der Waals surface area contributed by atoms with Crippen molar-refractivity contribution in [1.29, 1.82) is 0 Å². The molecule has 0 aromatic carbocycles. The maximum absolute atomic E-state index is 11.9. The zero-order valence-electron chi connectivity index (χ0n) is 13.0. The summed E-state index contributed by atoms with van der Waals surface area (Å²) in [5, 5.41) is 6.50. The second kappa shape index (κ2) is 8.63. The van der Waals surface area contributed by atoms with Gasteiger partial charge in [0.2, 0.25) is 5.91 Å². The molecule has 0 spiro atoms. The summed E-state index contributed by atoms with van der Waals surface area (Å²) >= 11 is 0. The van der Waals surface area contributed by atoms with Crippen LogP contribution >= 0.6 is 0 Å². The van der Waals surface area contributed by atoms with Crippen molar-refractivity contribution in [2.45, 2.75) is 45.4 Å². The van der Waals surface area contributed by atoms with Gasteiger partial charge in [-0.05, 0) is 76.7 Å². The fourth-order valence-corrected chi connectivity index (χ4v) is 3.37. The molecule has 0 radical (unpaired) electrons. The lowest BCUT2D eigenvalue weighted by Gasteiger charge is -2.31. The van der Waals surface area contributed by atoms with Gasteiger partial charge < -0.3 is 15.5 Å². The van der Waals surface area contributed by atoms with Crippen molar-refractivity contribution in [2.75, 3.05) is 39.3 Å². The van der Waals surface area contributed by atoms with Gasteiger partial charge in [-0.3, -0.25) is 4.79 Å². The summed E-state index contributed by atoms with van der Waals surface area (Å²) in [6.45, 7) is 9.01. The first-order chi connectivity index (χ1) is 9.78. The molecule has 20 heavy (non-hydrogen) atoms. The van der Waals surface area contributed by atoms with Crippen molar-refractivity contribution < 1.29 is 4.79 Å². The SMILES string of the molecule is CCCN1CCC(CNC(=O)CCC2CCNC2)CC1. The van der Waals surface area contributed by atoms with Crippen LogP contribution in [-0.4, -0.2) is 50.1 Å². The highest BCUT2D eigenvalue weighted by Gasteiger charge is 2.19. The standard InChI is InChI=1S/C16H31N3O/c1-2-9-19-10-6-15(7-11-19)13-18-16(20)4-3-14-5-8-17-12-14/h14-15,17H,2-13H2,1H3,(H,18,20). The number of carbonyl (C=O) groups is 1. The topological polar surface area (TPSA) is 44.4 Å². The first-order valence-electron chi connectivity index (χ1n) is 8.47. The molecule has 0 bridgehead atoms. The van der Waals surface area contributed by atoms with E-state index in [1.807, 2.05) is 0 Å². The van der Waals surface area contributed by atoms with Gasteiger partial charge >= 0.3 is 0 Å². The number of amides is 1. The van der Waals surface area contributed by atoms with Gasteiger partial charge in [-0.1, -0.05) is 6.92 Å². The summed E-state index contributed by atoms with van der Waals surface area (Å²) in [7, 11) is 0. The monoisotopic (exact) mass is 281 g/mol. The van der Waals surface area contributed by atoms with Crippen LogP contribution in [0.5, 0.6) is 0 Å². The van der Waals surface area contributed by atoms with Crippen molar-refractivity contribution in [3.63, 3.8) is 0 Å². The van der Waals surface area contributed by atoms with Crippen molar-refractivity contribution >= 4 is 5.91 Å². The Morgan fingerprint density at radius 1 is 1.25 bits per heavy atom. The first kappa shape index (κ1) is 15.8. The van der Waals surface area contributed by atoms with Gasteiger partial charge in [-0.2, -0.15) is 0 Å². The van der Waals surface area contributed by atoms with E-state index in [9.17, 15) is 4.79 Å². The average Bonchev–Trinajstić information content (AvgIpc) is 2.98. The van der Waals surface area contributed by atoms with Gasteiger partial charge in [0.15, 0.2) is 0 Å². The molecule has 0 aromatic heterocycles. The summed E-state index contributed by atoms with van der Waals surface area (Å²) in [5.74, 6) is 1.67. The number of nitrogens with zero attached hydrogens (tertiary/aromatic N) is 1. The van der Waals surface area contributed by atoms with Crippen LogP contribution in [-0.2, 0) is 4.79 Å². The number of nitrogens with one attached hydrogen (secondary N) is 2. The fourth-order valence-electron chi connectivity index (χ4n) is 3.37. The minimum absolute atomic E-state index is 0.257. The quantitative estimate of drug-likeness (QED) is 0.745. The van der Waals surface area contributed by atoms with Crippen LogP contribution in [0, 0.1) is 11.8 Å². The predicted molar refractivity (Wildman–Crippen MR) is 82.7 cm³/mol. The number of carbonyl (C=O) groups excluding carboxylic acids is 1. The van der Waals surface area contributed by atoms with Crippen molar-refractivity contribution in [2.24, 2.45) is 11.8 Å². The minimum atomic E-state index is 0.257. The molecule has 1 unspecified atom stereocenters. The third kappa shape index (κ3) is 5.41. The molecular weight excluding hydrogens is 250 g/mol. The largest absolute Gasteiger partial charge is 0.356 e. The molecular formula is C16H31N3O. The molecule has 2 fully saturated rings. The number of rotatable bonds is 7. The Morgan fingerprint density at radius 2 is 2.05 bits per heavy atom. The first-order valence-corrected chi connectivity index (χ1v) is 8.47. The van der Waals surface area contributed by atoms with Gasteiger partial charge in [0.05, 0.1) is 0 Å². The summed E-state index contributed by atoms with van der Waals surface area (Å²) in [5.41, 5.74) is 0. The zero-order chi connectivity index (χ0) is 14.2. The Bertz CT molecular complexity index is 281. The van der Waals surface area contributed by atoms with E-state index in [0.717, 1.165) is 32.0 Å². The van der Waals surface area contributed by atoms with E-state index in [4.69, 9.17) is 0 Å². The molecule has 0 aromatic rings. The number of likely N-dealkylation sites (tertiary alicyclic amines) is 1. The number of hydrogen-bond acceptors (Lipinski definition) is 3. The Morgan fingerprint density at radius 3 is 2.70 bits per heavy atom. The van der Waals surface area contributed by atoms with E-state index in [0.29, 0.717) is 12.3 Å². The molecule has 4 heteroatoms. The lowest BCUT2D eigenvalue weighted by atomic mass is 9.96. The summed E-state index contributed by atoms with van der Waals surface area (Å²) in [6, 6.07) is 0. The van der Waals surface area contributed by atoms with Crippen molar-refractivity contribution in [3.05, 3.63) is 0 Å². The molecule has 4 nitrogen and oxygen atoms in total. The maximum atomic E-state index is 11.9. The fraction of sp³-hybridized carbons (Fsp3) is 0.938. The number of piperidine rings is 1. The summed E-state index contributed by atoms with van der Waals surface area (Å²) in [6.07, 6.45) is 6.73. The third-order valence-electron chi connectivity index (χ3n) is 4.78. The van der Waals surface area contributed by atoms with Gasteiger partial charge in [-0.15, -0.1) is 0 Å². The second-order valence-electron chi connectivity index (χ2n) is 6.49. The van der Waals surface area contributed by atoms with Crippen LogP contribution in [0.3, 0.4) is 0 Å². The molecule has 2 heterocycles. The van der Waals surface area contributed by atoms with Crippen LogP contribution in [0.1, 0.15) is 45.4 Å². The van der Waals surface area contributed by atoms with E-state index < -0.39 is 0 Å². The second-order valence-corrected chi connectivity index (χ2v) is 6.49. The Hall–Kier alpha value is -0.610. The molecule has 0 saturated carbocycles. The third-order valence-corrected chi connectivity index (χ3v) is 4.78. The lowest BCUT2D eigenvalue weighted by molar-refractivity contribution is -0.121. The van der Waals surface area contributed by atoms with Gasteiger partial charge in [0.1, 0.15) is 0 Å². The Kier molecular flexibility index (Phi) is 6.80. The molecule has 2 rings (SSSR count). The molecule has 2 aliphatic rings. The zero-order valence-corrected chi connectivity index (χ0v) is 13.0. The van der Waals surface area contributed by atoms with E-state index in [1.54, 1.807) is 0 Å². The Labute approximate surface area is 123 Å². The predicted octanol–water partition coefficient (Wildman–Crippen LogP) is 1.61. The van der Waals surface area contributed by atoms with Crippen molar-refractivity contribution in [1.82, 2.24) is 15.5 Å². The lowest BCUT2D eigenvalue weighted by Crippen LogP contribution is -2.38. The molecule has 2 saturated heterocycles. The van der Waals surface area contributed by atoms with Crippen LogP contribution in [0.2, 0.25) is 0 Å². The molecule has 1 amide bonds. The Balaban J connectivity index is 1.52. The average molecular weight is 281 g/mol. The van der Waals surface area contributed by atoms with Crippen molar-refractivity contribution in [3.8, 4) is 0 Å². The smallest absolute Gasteiger partial charge is 0.220 e. The number of hydrogen-bond donors (Lipinski definition) is 2. The highest BCUT2D eigenvalue weighted by Crippen LogP contribution is 2.17. The van der Waals surface area contributed by atoms with E-state index in [-0.39, 0.29) is 5.91 Å². The highest BCUT2D eigenvalue weighted by atomic mass is 16.1. The van der Waals surface area contributed by atoms with Crippen LogP contribution < -0.4 is 10.6 Å². The molecule has 2 N–H and O–H groups in total. The van der Waals surface area contributed by atoms with Gasteiger partial charge in [0, 0.05) is 13.0 Å². The van der Waals surface area contributed by atoms with E-state index in [1.165, 1.54) is 45.3 Å². The summed E-state index contributed by atoms with van der Waals surface area (Å²) in [4.78, 5) is 14.4. The maximum Gasteiger partial charge on any atom is 0.220 e. The van der Waals surface area contributed by atoms with Gasteiger partial charge in [-0.25, -0.2) is 0 Å². The van der Waals surface area contributed by atoms with Crippen LogP contribution in [0.15, 0.2) is 0 Å². The summed E-state index contributed by atoms with van der Waals surface area (Å²) < 4.78 is 0. The minimum Gasteiger partial charge on any atom is -0.356 e. The highest BCUT2D eigenvalue weighted by molar-refractivity contribution is 5.75. The van der Waals surface area contributed by atoms with Crippen LogP contribution in [0.4, 0.5) is 0 Å². The molecule has 0 aliphatic carbocycles. The normalized spacial score (nSPS) is 24.9. The molecule has 2 aliphatic heterocycles. The van der Waals surface area contributed by atoms with E-state index in [2.05, 4.69) is 22.5 Å². The van der Waals surface area contributed by atoms with Gasteiger partial charge in [0.25, 0.3) is 0 Å². The molecule has 1 atom stereocenters. The van der Waals surface area contributed by atoms with E-state index >= 15 is 0 Å². The molecule has 116 valence electrons.